The van der Waals surface area contributed by atoms with E-state index in [1.165, 1.54) is 37.3 Å². The van der Waals surface area contributed by atoms with E-state index in [2.05, 4.69) is 0 Å². The number of rotatable bonds is 14. The summed E-state index contributed by atoms with van der Waals surface area (Å²) in [5, 5.41) is 39.5. The van der Waals surface area contributed by atoms with Gasteiger partial charge in [0.25, 0.3) is 0 Å². The van der Waals surface area contributed by atoms with Crippen LogP contribution in [0.15, 0.2) is 24.3 Å². The molecule has 4 N–H and O–H groups in total. The molecule has 0 spiro atoms. The van der Waals surface area contributed by atoms with Crippen molar-refractivity contribution in [2.24, 2.45) is 0 Å². The lowest BCUT2D eigenvalue weighted by Gasteiger charge is -2.23. The zero-order valence-electron chi connectivity index (χ0n) is 20.2. The summed E-state index contributed by atoms with van der Waals surface area (Å²) < 4.78 is 15.7. The molecule has 0 aliphatic carbocycles. The predicted octanol–water partition coefficient (Wildman–Crippen LogP) is 1.28. The lowest BCUT2D eigenvalue weighted by atomic mass is 9.89. The van der Waals surface area contributed by atoms with Crippen molar-refractivity contribution in [3.63, 3.8) is 0 Å². The fourth-order valence-electron chi connectivity index (χ4n) is 3.77. The number of aliphatic hydroxyl groups excluding tert-OH is 2. The van der Waals surface area contributed by atoms with Crippen molar-refractivity contribution in [2.45, 2.75) is 19.8 Å². The van der Waals surface area contributed by atoms with Gasteiger partial charge in [-0.1, -0.05) is 6.92 Å². The van der Waals surface area contributed by atoms with Crippen LogP contribution in [0.3, 0.4) is 0 Å². The highest BCUT2D eigenvalue weighted by atomic mass is 16.5. The van der Waals surface area contributed by atoms with Gasteiger partial charge in [-0.25, -0.2) is 0 Å². The Morgan fingerprint density at radius 3 is 2.26 bits per heavy atom. The molecule has 0 atom stereocenters. The molecule has 2 rings (SSSR count). The van der Waals surface area contributed by atoms with E-state index < -0.39 is 17.4 Å². The summed E-state index contributed by atoms with van der Waals surface area (Å²) in [6.45, 7) is 1.82. The molecule has 0 saturated carbocycles. The number of carbonyl (C=O) groups excluding carboxylic acids is 2. The van der Waals surface area contributed by atoms with Crippen molar-refractivity contribution in [2.75, 3.05) is 53.7 Å². The minimum absolute atomic E-state index is 0.0135. The lowest BCUT2D eigenvalue weighted by molar-refractivity contribution is -0.131. The Kier molecular flexibility index (Phi) is 10.8. The lowest BCUT2D eigenvalue weighted by Crippen LogP contribution is -2.37. The van der Waals surface area contributed by atoms with Crippen LogP contribution in [0.4, 0.5) is 0 Å². The Bertz CT molecular complexity index is 1020. The number of ether oxygens (including phenoxy) is 3. The average molecular weight is 492 g/mol. The van der Waals surface area contributed by atoms with Gasteiger partial charge in [0.1, 0.15) is 18.1 Å². The molecule has 0 fully saturated rings. The fourth-order valence-corrected chi connectivity index (χ4v) is 3.77. The quantitative estimate of drug-likeness (QED) is 0.287. The van der Waals surface area contributed by atoms with Crippen LogP contribution < -0.4 is 9.47 Å². The van der Waals surface area contributed by atoms with Crippen LogP contribution in [-0.4, -0.2) is 90.8 Å². The predicted molar refractivity (Wildman–Crippen MR) is 127 cm³/mol. The van der Waals surface area contributed by atoms with E-state index in [1.807, 2.05) is 0 Å². The molecule has 192 valence electrons. The van der Waals surface area contributed by atoms with E-state index in [1.54, 1.807) is 6.92 Å². The molecule has 1 amide bonds. The zero-order chi connectivity index (χ0) is 26.0. The topological polar surface area (TPSA) is 146 Å². The van der Waals surface area contributed by atoms with Crippen molar-refractivity contribution < 1.29 is 44.2 Å². The van der Waals surface area contributed by atoms with Crippen molar-refractivity contribution in [3.8, 4) is 23.0 Å². The van der Waals surface area contributed by atoms with Crippen LogP contribution in [0, 0.1) is 0 Å². The van der Waals surface area contributed by atoms with Gasteiger partial charge in [0.2, 0.25) is 5.91 Å². The SMILES string of the molecule is CCc1c(O)cc(O)c(C(=O)c2ccc(OC)c(OCCO)c2)c1CC(=O)N(CCO)CCOC. The first-order valence-corrected chi connectivity index (χ1v) is 11.2. The molecule has 0 aliphatic heterocycles. The van der Waals surface area contributed by atoms with E-state index in [0.29, 0.717) is 17.7 Å². The maximum atomic E-state index is 13.6. The number of phenolic OH excluding ortho intramolecular Hbond substituents is 2. The van der Waals surface area contributed by atoms with Gasteiger partial charge in [-0.2, -0.15) is 0 Å². The number of benzene rings is 2. The number of hydrogen-bond acceptors (Lipinski definition) is 9. The second-order valence-electron chi connectivity index (χ2n) is 7.64. The second-order valence-corrected chi connectivity index (χ2v) is 7.64. The van der Waals surface area contributed by atoms with Crippen molar-refractivity contribution in [1.29, 1.82) is 0 Å². The summed E-state index contributed by atoms with van der Waals surface area (Å²) in [6, 6.07) is 5.53. The largest absolute Gasteiger partial charge is 0.508 e. The minimum atomic E-state index is -0.581. The van der Waals surface area contributed by atoms with Crippen molar-refractivity contribution >= 4 is 11.7 Å². The van der Waals surface area contributed by atoms with Crippen LogP contribution in [0.5, 0.6) is 23.0 Å². The monoisotopic (exact) mass is 491 g/mol. The van der Waals surface area contributed by atoms with Crippen LogP contribution in [0.25, 0.3) is 0 Å². The standard InChI is InChI=1S/C25H33NO9/c1-4-17-18(14-23(31)26(7-9-27)8-11-33-2)24(20(30)15-19(17)29)25(32)16-5-6-21(34-3)22(13-16)35-12-10-28/h5-6,13,15,27-30H,4,7-12,14H2,1-3H3. The van der Waals surface area contributed by atoms with Crippen LogP contribution in [-0.2, 0) is 22.4 Å². The normalized spacial score (nSPS) is 10.8. The molecule has 0 unspecified atom stereocenters. The molecule has 0 saturated heterocycles. The van der Waals surface area contributed by atoms with Gasteiger partial charge in [-0.05, 0) is 35.7 Å². The number of methoxy groups -OCH3 is 2. The molecule has 0 aromatic heterocycles. The van der Waals surface area contributed by atoms with Crippen LogP contribution in [0.2, 0.25) is 0 Å². The minimum Gasteiger partial charge on any atom is -0.508 e. The van der Waals surface area contributed by atoms with Crippen molar-refractivity contribution in [1.82, 2.24) is 4.90 Å². The molecule has 10 nitrogen and oxygen atoms in total. The first-order valence-electron chi connectivity index (χ1n) is 11.2. The summed E-state index contributed by atoms with van der Waals surface area (Å²) in [7, 11) is 2.93. The highest BCUT2D eigenvalue weighted by molar-refractivity contribution is 6.12. The fraction of sp³-hybridized carbons (Fsp3) is 0.440. The maximum Gasteiger partial charge on any atom is 0.227 e. The summed E-state index contributed by atoms with van der Waals surface area (Å²) in [5.41, 5.74) is 0.610. The highest BCUT2D eigenvalue weighted by Crippen LogP contribution is 2.36. The molecule has 10 heteroatoms. The Morgan fingerprint density at radius 2 is 1.66 bits per heavy atom. The Morgan fingerprint density at radius 1 is 0.914 bits per heavy atom. The first kappa shape index (κ1) is 27.9. The summed E-state index contributed by atoms with van der Waals surface area (Å²) in [4.78, 5) is 28.1. The Hall–Kier alpha value is -3.34. The molecule has 35 heavy (non-hydrogen) atoms. The van der Waals surface area contributed by atoms with Gasteiger partial charge in [0.05, 0.1) is 38.9 Å². The Labute approximate surface area is 204 Å². The van der Waals surface area contributed by atoms with Gasteiger partial charge in [0, 0.05) is 31.8 Å². The number of amides is 1. The molecule has 2 aromatic rings. The molecule has 0 heterocycles. The number of aromatic hydroxyl groups is 2. The van der Waals surface area contributed by atoms with Gasteiger partial charge in [-0.15, -0.1) is 0 Å². The van der Waals surface area contributed by atoms with E-state index in [9.17, 15) is 24.9 Å². The maximum absolute atomic E-state index is 13.6. The van der Waals surface area contributed by atoms with E-state index in [-0.39, 0.29) is 74.1 Å². The number of carbonyl (C=O) groups is 2. The first-order chi connectivity index (χ1) is 16.8. The number of phenols is 2. The second kappa shape index (κ2) is 13.5. The third kappa shape index (κ3) is 6.84. The summed E-state index contributed by atoms with van der Waals surface area (Å²) in [6.07, 6.45) is 0.0283. The molecule has 2 aromatic carbocycles. The van der Waals surface area contributed by atoms with Gasteiger partial charge in [0.15, 0.2) is 17.3 Å². The van der Waals surface area contributed by atoms with Crippen LogP contribution in [0.1, 0.15) is 34.0 Å². The molecular formula is C25H33NO9. The van der Waals surface area contributed by atoms with Crippen LogP contribution >= 0.6 is 0 Å². The third-order valence-electron chi connectivity index (χ3n) is 5.48. The van der Waals surface area contributed by atoms with Gasteiger partial charge in [-0.3, -0.25) is 9.59 Å². The van der Waals surface area contributed by atoms with E-state index in [4.69, 9.17) is 19.3 Å². The van der Waals surface area contributed by atoms with Crippen molar-refractivity contribution in [3.05, 3.63) is 46.5 Å². The van der Waals surface area contributed by atoms with E-state index in [0.717, 1.165) is 6.07 Å². The number of nitrogens with zero attached hydrogens (tertiary/aromatic N) is 1. The summed E-state index contributed by atoms with van der Waals surface area (Å²) in [5.74, 6) is -1.09. The number of hydrogen-bond donors (Lipinski definition) is 4. The highest BCUT2D eigenvalue weighted by Gasteiger charge is 2.27. The average Bonchev–Trinajstić information content (AvgIpc) is 2.84. The molecule has 0 aliphatic rings. The number of ketones is 1. The van der Waals surface area contributed by atoms with Gasteiger partial charge < -0.3 is 39.5 Å². The third-order valence-corrected chi connectivity index (χ3v) is 5.48. The smallest absolute Gasteiger partial charge is 0.227 e. The molecule has 0 radical (unpaired) electrons. The zero-order valence-corrected chi connectivity index (χ0v) is 20.2. The molecular weight excluding hydrogens is 458 g/mol. The Balaban J connectivity index is 2.56. The molecule has 0 bridgehead atoms. The van der Waals surface area contributed by atoms with Gasteiger partial charge >= 0.3 is 0 Å². The summed E-state index contributed by atoms with van der Waals surface area (Å²) >= 11 is 0. The van der Waals surface area contributed by atoms with E-state index >= 15 is 0 Å². The number of aliphatic hydroxyl groups is 2.